The smallest absolute Gasteiger partial charge is 0.0990 e. The first-order chi connectivity index (χ1) is 7.27. The molecule has 1 aromatic carbocycles. The van der Waals surface area contributed by atoms with Crippen molar-refractivity contribution >= 4 is 0 Å². The van der Waals surface area contributed by atoms with Gasteiger partial charge in [-0.1, -0.05) is 51.1 Å². The van der Waals surface area contributed by atoms with Gasteiger partial charge in [0.15, 0.2) is 0 Å². The molecule has 2 N–H and O–H groups in total. The molecular weight excluding hydrogens is 200 g/mol. The van der Waals surface area contributed by atoms with Gasteiger partial charge >= 0.3 is 0 Å². The summed E-state index contributed by atoms with van der Waals surface area (Å²) in [6, 6.07) is 9.78. The van der Waals surface area contributed by atoms with Crippen molar-refractivity contribution in [2.45, 2.75) is 45.8 Å². The molecule has 0 saturated carbocycles. The molecule has 2 atom stereocenters. The van der Waals surface area contributed by atoms with Gasteiger partial charge in [0.25, 0.3) is 0 Å². The first-order valence-electron chi connectivity index (χ1n) is 5.72. The second-order valence-corrected chi connectivity index (χ2v) is 5.51. The number of aliphatic hydroxyl groups is 2. The van der Waals surface area contributed by atoms with Crippen LogP contribution >= 0.6 is 0 Å². The SMILES string of the molecule is C[C@H](O)[C@@](O)(Cc1ccccc1)C(C)(C)C. The lowest BCUT2D eigenvalue weighted by Gasteiger charge is -2.42. The molecule has 0 aromatic heterocycles. The zero-order chi connectivity index (χ0) is 12.4. The van der Waals surface area contributed by atoms with Crippen molar-refractivity contribution < 1.29 is 10.2 Å². The highest BCUT2D eigenvalue weighted by Gasteiger charge is 2.44. The molecule has 2 nitrogen and oxygen atoms in total. The standard InChI is InChI=1S/C14H22O2/c1-11(15)14(16,13(2,3)4)10-12-8-6-5-7-9-12/h5-9,11,15-16H,10H2,1-4H3/t11-,14-/m0/s1. The van der Waals surface area contributed by atoms with E-state index in [1.807, 2.05) is 51.1 Å². The number of hydrogen-bond donors (Lipinski definition) is 2. The predicted molar refractivity (Wildman–Crippen MR) is 66.2 cm³/mol. The Labute approximate surface area is 97.9 Å². The molecule has 1 rings (SSSR count). The second kappa shape index (κ2) is 4.56. The summed E-state index contributed by atoms with van der Waals surface area (Å²) in [7, 11) is 0. The van der Waals surface area contributed by atoms with Gasteiger partial charge in [0.1, 0.15) is 0 Å². The summed E-state index contributed by atoms with van der Waals surface area (Å²) in [4.78, 5) is 0. The average molecular weight is 222 g/mol. The van der Waals surface area contributed by atoms with Gasteiger partial charge in [-0.15, -0.1) is 0 Å². The summed E-state index contributed by atoms with van der Waals surface area (Å²) in [6.45, 7) is 7.49. The van der Waals surface area contributed by atoms with Gasteiger partial charge < -0.3 is 10.2 Å². The monoisotopic (exact) mass is 222 g/mol. The maximum atomic E-state index is 10.6. The van der Waals surface area contributed by atoms with Crippen LogP contribution in [0.3, 0.4) is 0 Å². The Morgan fingerprint density at radius 1 is 1.12 bits per heavy atom. The second-order valence-electron chi connectivity index (χ2n) is 5.51. The van der Waals surface area contributed by atoms with E-state index in [2.05, 4.69) is 0 Å². The van der Waals surface area contributed by atoms with Gasteiger partial charge in [-0.25, -0.2) is 0 Å². The van der Waals surface area contributed by atoms with Crippen LogP contribution in [0.5, 0.6) is 0 Å². The van der Waals surface area contributed by atoms with E-state index in [0.717, 1.165) is 5.56 Å². The van der Waals surface area contributed by atoms with Crippen LogP contribution in [-0.2, 0) is 6.42 Å². The van der Waals surface area contributed by atoms with E-state index in [4.69, 9.17) is 0 Å². The van der Waals surface area contributed by atoms with E-state index < -0.39 is 11.7 Å². The highest BCUT2D eigenvalue weighted by atomic mass is 16.3. The Balaban J connectivity index is 2.98. The summed E-state index contributed by atoms with van der Waals surface area (Å²) in [5, 5.41) is 20.4. The molecule has 0 saturated heterocycles. The minimum absolute atomic E-state index is 0.364. The van der Waals surface area contributed by atoms with Crippen molar-refractivity contribution in [2.75, 3.05) is 0 Å². The van der Waals surface area contributed by atoms with Crippen molar-refractivity contribution in [3.05, 3.63) is 35.9 Å². The van der Waals surface area contributed by atoms with Crippen molar-refractivity contribution in [2.24, 2.45) is 5.41 Å². The minimum atomic E-state index is -1.10. The Kier molecular flexibility index (Phi) is 3.76. The zero-order valence-corrected chi connectivity index (χ0v) is 10.6. The number of hydrogen-bond acceptors (Lipinski definition) is 2. The molecule has 0 bridgehead atoms. The Bertz CT molecular complexity index is 324. The quantitative estimate of drug-likeness (QED) is 0.824. The maximum Gasteiger partial charge on any atom is 0.0990 e. The molecule has 0 aliphatic rings. The third kappa shape index (κ3) is 2.63. The summed E-state index contributed by atoms with van der Waals surface area (Å²) in [5.74, 6) is 0. The summed E-state index contributed by atoms with van der Waals surface area (Å²) < 4.78 is 0. The third-order valence-electron chi connectivity index (χ3n) is 3.31. The van der Waals surface area contributed by atoms with Crippen molar-refractivity contribution in [3.63, 3.8) is 0 Å². The van der Waals surface area contributed by atoms with Crippen LogP contribution in [0.25, 0.3) is 0 Å². The number of benzene rings is 1. The highest BCUT2D eigenvalue weighted by Crippen LogP contribution is 2.36. The topological polar surface area (TPSA) is 40.5 Å². The molecule has 1 aromatic rings. The van der Waals surface area contributed by atoms with E-state index in [1.165, 1.54) is 0 Å². The molecule has 0 heterocycles. The summed E-state index contributed by atoms with van der Waals surface area (Å²) in [5.41, 5.74) is -0.424. The third-order valence-corrected chi connectivity index (χ3v) is 3.31. The molecule has 0 radical (unpaired) electrons. The van der Waals surface area contributed by atoms with E-state index in [1.54, 1.807) is 6.92 Å². The van der Waals surface area contributed by atoms with Gasteiger partial charge in [0.05, 0.1) is 11.7 Å². The number of aliphatic hydroxyl groups excluding tert-OH is 1. The lowest BCUT2D eigenvalue weighted by atomic mass is 9.70. The molecular formula is C14H22O2. The van der Waals surface area contributed by atoms with Crippen LogP contribution in [0.15, 0.2) is 30.3 Å². The lowest BCUT2D eigenvalue weighted by molar-refractivity contribution is -0.134. The van der Waals surface area contributed by atoms with Crippen molar-refractivity contribution in [1.29, 1.82) is 0 Å². The maximum absolute atomic E-state index is 10.6. The van der Waals surface area contributed by atoms with Crippen molar-refractivity contribution in [3.8, 4) is 0 Å². The van der Waals surface area contributed by atoms with Crippen LogP contribution in [-0.4, -0.2) is 21.9 Å². The molecule has 0 aliphatic carbocycles. The Morgan fingerprint density at radius 3 is 2.00 bits per heavy atom. The van der Waals surface area contributed by atoms with Gasteiger partial charge in [0.2, 0.25) is 0 Å². The van der Waals surface area contributed by atoms with E-state index >= 15 is 0 Å². The van der Waals surface area contributed by atoms with Crippen LogP contribution in [0.1, 0.15) is 33.3 Å². The van der Waals surface area contributed by atoms with Crippen LogP contribution in [0, 0.1) is 5.41 Å². The molecule has 0 aliphatic heterocycles. The Hall–Kier alpha value is -0.860. The molecule has 90 valence electrons. The van der Waals surface area contributed by atoms with E-state index in [9.17, 15) is 10.2 Å². The van der Waals surface area contributed by atoms with Gasteiger partial charge in [-0.2, -0.15) is 0 Å². The van der Waals surface area contributed by atoms with Crippen LogP contribution < -0.4 is 0 Å². The van der Waals surface area contributed by atoms with E-state index in [-0.39, 0.29) is 5.41 Å². The highest BCUT2D eigenvalue weighted by molar-refractivity contribution is 5.18. The van der Waals surface area contributed by atoms with E-state index in [0.29, 0.717) is 6.42 Å². The molecule has 0 unspecified atom stereocenters. The van der Waals surface area contributed by atoms with Crippen molar-refractivity contribution in [1.82, 2.24) is 0 Å². The fraction of sp³-hybridized carbons (Fsp3) is 0.571. The number of rotatable bonds is 3. The predicted octanol–water partition coefficient (Wildman–Crippen LogP) is 2.39. The first kappa shape index (κ1) is 13.2. The normalized spacial score (nSPS) is 17.9. The summed E-state index contributed by atoms with van der Waals surface area (Å²) in [6.07, 6.45) is -0.289. The molecule has 16 heavy (non-hydrogen) atoms. The van der Waals surface area contributed by atoms with Crippen LogP contribution in [0.2, 0.25) is 0 Å². The Morgan fingerprint density at radius 2 is 1.62 bits per heavy atom. The first-order valence-corrected chi connectivity index (χ1v) is 5.72. The zero-order valence-electron chi connectivity index (χ0n) is 10.6. The lowest BCUT2D eigenvalue weighted by Crippen LogP contribution is -2.53. The molecule has 2 heteroatoms. The fourth-order valence-corrected chi connectivity index (χ4v) is 1.95. The largest absolute Gasteiger partial charge is 0.390 e. The summed E-state index contributed by atoms with van der Waals surface area (Å²) >= 11 is 0. The average Bonchev–Trinajstić information content (AvgIpc) is 2.17. The van der Waals surface area contributed by atoms with Gasteiger partial charge in [-0.05, 0) is 17.9 Å². The van der Waals surface area contributed by atoms with Crippen LogP contribution in [0.4, 0.5) is 0 Å². The van der Waals surface area contributed by atoms with Gasteiger partial charge in [-0.3, -0.25) is 0 Å². The molecule has 0 amide bonds. The van der Waals surface area contributed by atoms with Gasteiger partial charge in [0, 0.05) is 6.42 Å². The molecule has 0 spiro atoms. The molecule has 0 fully saturated rings. The fourth-order valence-electron chi connectivity index (χ4n) is 1.95. The minimum Gasteiger partial charge on any atom is -0.390 e.